The molecule has 92 valence electrons. The molecule has 1 aromatic rings. The molecule has 0 bridgehead atoms. The van der Waals surface area contributed by atoms with Crippen molar-refractivity contribution in [1.82, 2.24) is 0 Å². The molecule has 0 aliphatic rings. The van der Waals surface area contributed by atoms with E-state index in [4.69, 9.17) is 4.74 Å². The molecule has 3 heteroatoms. The zero-order chi connectivity index (χ0) is 12.7. The third-order valence-corrected chi connectivity index (χ3v) is 2.38. The maximum atomic E-state index is 11.6. The second-order valence-electron chi connectivity index (χ2n) is 3.78. The van der Waals surface area contributed by atoms with Crippen LogP contribution in [0.1, 0.15) is 35.7 Å². The van der Waals surface area contributed by atoms with Crippen LogP contribution in [0, 0.1) is 6.92 Å². The van der Waals surface area contributed by atoms with E-state index >= 15 is 0 Å². The van der Waals surface area contributed by atoms with E-state index in [-0.39, 0.29) is 11.3 Å². The monoisotopic (exact) mass is 234 g/mol. The highest BCUT2D eigenvalue weighted by atomic mass is 16.5. The van der Waals surface area contributed by atoms with E-state index in [0.717, 1.165) is 6.42 Å². The van der Waals surface area contributed by atoms with Crippen molar-refractivity contribution < 1.29 is 14.6 Å². The molecule has 0 fully saturated rings. The van der Waals surface area contributed by atoms with Gasteiger partial charge in [-0.1, -0.05) is 31.2 Å². The number of rotatable bonds is 5. The third kappa shape index (κ3) is 3.94. The fourth-order valence-electron chi connectivity index (χ4n) is 1.41. The second-order valence-corrected chi connectivity index (χ2v) is 3.78. The van der Waals surface area contributed by atoms with Crippen LogP contribution in [-0.2, 0) is 4.74 Å². The van der Waals surface area contributed by atoms with Crippen LogP contribution in [-0.4, -0.2) is 17.7 Å². The number of phenolic OH excluding ortho intramolecular Hbond substituents is 1. The molecule has 0 heterocycles. The fraction of sp³-hybridized carbons (Fsp3) is 0.357. The minimum Gasteiger partial charge on any atom is -0.507 e. The molecular formula is C14H18O3. The van der Waals surface area contributed by atoms with Crippen LogP contribution in [0.15, 0.2) is 30.4 Å². The van der Waals surface area contributed by atoms with Crippen LogP contribution in [0.4, 0.5) is 0 Å². The van der Waals surface area contributed by atoms with Gasteiger partial charge in [0.05, 0.1) is 6.61 Å². The van der Waals surface area contributed by atoms with E-state index in [0.29, 0.717) is 18.6 Å². The van der Waals surface area contributed by atoms with Gasteiger partial charge in [0.2, 0.25) is 0 Å². The first-order chi connectivity index (χ1) is 8.16. The molecule has 0 radical (unpaired) electrons. The van der Waals surface area contributed by atoms with E-state index in [2.05, 4.69) is 0 Å². The summed E-state index contributed by atoms with van der Waals surface area (Å²) in [6.07, 6.45) is 5.68. The Morgan fingerprint density at radius 1 is 1.41 bits per heavy atom. The zero-order valence-corrected chi connectivity index (χ0v) is 10.3. The van der Waals surface area contributed by atoms with Gasteiger partial charge in [-0.05, 0) is 31.4 Å². The molecule has 3 nitrogen and oxygen atoms in total. The van der Waals surface area contributed by atoms with Gasteiger partial charge < -0.3 is 9.84 Å². The summed E-state index contributed by atoms with van der Waals surface area (Å²) < 4.78 is 5.06. The van der Waals surface area contributed by atoms with Crippen LogP contribution in [0.25, 0.3) is 0 Å². The SMILES string of the molecule is CCC=CCCOC(=O)c1cccc(C)c1O. The Hall–Kier alpha value is -1.77. The van der Waals surface area contributed by atoms with Gasteiger partial charge in [-0.2, -0.15) is 0 Å². The van der Waals surface area contributed by atoms with Gasteiger partial charge in [-0.15, -0.1) is 0 Å². The van der Waals surface area contributed by atoms with Crippen molar-refractivity contribution in [3.8, 4) is 5.75 Å². The van der Waals surface area contributed by atoms with Gasteiger partial charge in [-0.25, -0.2) is 4.79 Å². The molecule has 0 unspecified atom stereocenters. The molecule has 0 spiro atoms. The third-order valence-electron chi connectivity index (χ3n) is 2.38. The number of phenols is 1. The molecular weight excluding hydrogens is 216 g/mol. The number of hydrogen-bond donors (Lipinski definition) is 1. The standard InChI is InChI=1S/C14H18O3/c1-3-4-5-6-10-17-14(16)12-9-7-8-11(2)13(12)15/h4-5,7-9,15H,3,6,10H2,1-2H3. The Kier molecular flexibility index (Phi) is 5.27. The van der Waals surface area contributed by atoms with Crippen LogP contribution in [0.2, 0.25) is 0 Å². The Bertz CT molecular complexity index is 408. The first-order valence-corrected chi connectivity index (χ1v) is 5.77. The topological polar surface area (TPSA) is 46.5 Å². The number of para-hydroxylation sites is 1. The predicted molar refractivity (Wildman–Crippen MR) is 67.2 cm³/mol. The number of aromatic hydroxyl groups is 1. The van der Waals surface area contributed by atoms with Crippen molar-refractivity contribution in [2.24, 2.45) is 0 Å². The molecule has 0 aromatic heterocycles. The summed E-state index contributed by atoms with van der Waals surface area (Å²) in [6.45, 7) is 4.13. The average Bonchev–Trinajstić information content (AvgIpc) is 2.32. The maximum absolute atomic E-state index is 11.6. The lowest BCUT2D eigenvalue weighted by atomic mass is 10.1. The molecule has 0 atom stereocenters. The lowest BCUT2D eigenvalue weighted by Gasteiger charge is -2.06. The Morgan fingerprint density at radius 2 is 2.18 bits per heavy atom. The van der Waals surface area contributed by atoms with E-state index in [9.17, 15) is 9.90 Å². The summed E-state index contributed by atoms with van der Waals surface area (Å²) in [5.74, 6) is -0.474. The minimum atomic E-state index is -0.476. The van der Waals surface area contributed by atoms with Crippen LogP contribution < -0.4 is 0 Å². The van der Waals surface area contributed by atoms with Crippen molar-refractivity contribution in [3.05, 3.63) is 41.5 Å². The van der Waals surface area contributed by atoms with Crippen molar-refractivity contribution in [1.29, 1.82) is 0 Å². The summed E-state index contributed by atoms with van der Waals surface area (Å²) in [5.41, 5.74) is 0.898. The summed E-state index contributed by atoms with van der Waals surface area (Å²) in [6, 6.07) is 5.03. The Balaban J connectivity index is 2.53. The highest BCUT2D eigenvalue weighted by molar-refractivity contribution is 5.92. The molecule has 0 aliphatic carbocycles. The van der Waals surface area contributed by atoms with E-state index < -0.39 is 5.97 Å². The van der Waals surface area contributed by atoms with Gasteiger partial charge in [-0.3, -0.25) is 0 Å². The largest absolute Gasteiger partial charge is 0.507 e. The minimum absolute atomic E-state index is 0.00148. The Labute approximate surface area is 102 Å². The molecule has 1 aromatic carbocycles. The van der Waals surface area contributed by atoms with Crippen molar-refractivity contribution >= 4 is 5.97 Å². The number of allylic oxidation sites excluding steroid dienone is 1. The normalized spacial score (nSPS) is 10.7. The lowest BCUT2D eigenvalue weighted by Crippen LogP contribution is -2.06. The highest BCUT2D eigenvalue weighted by Crippen LogP contribution is 2.21. The number of aryl methyl sites for hydroxylation is 1. The van der Waals surface area contributed by atoms with Gasteiger partial charge >= 0.3 is 5.97 Å². The average molecular weight is 234 g/mol. The summed E-state index contributed by atoms with van der Waals surface area (Å²) in [7, 11) is 0. The molecule has 17 heavy (non-hydrogen) atoms. The number of benzene rings is 1. The number of ether oxygens (including phenoxy) is 1. The Morgan fingerprint density at radius 3 is 2.88 bits per heavy atom. The molecule has 1 rings (SSSR count). The quantitative estimate of drug-likeness (QED) is 0.483. The van der Waals surface area contributed by atoms with E-state index in [1.165, 1.54) is 0 Å². The van der Waals surface area contributed by atoms with E-state index in [1.807, 2.05) is 19.1 Å². The van der Waals surface area contributed by atoms with Crippen molar-refractivity contribution in [2.75, 3.05) is 6.61 Å². The zero-order valence-electron chi connectivity index (χ0n) is 10.3. The van der Waals surface area contributed by atoms with Crippen LogP contribution in [0.5, 0.6) is 5.75 Å². The molecule has 0 saturated heterocycles. The van der Waals surface area contributed by atoms with E-state index in [1.54, 1.807) is 25.1 Å². The van der Waals surface area contributed by atoms with Gasteiger partial charge in [0.25, 0.3) is 0 Å². The highest BCUT2D eigenvalue weighted by Gasteiger charge is 2.13. The lowest BCUT2D eigenvalue weighted by molar-refractivity contribution is 0.0508. The summed E-state index contributed by atoms with van der Waals surface area (Å²) in [4.78, 5) is 11.6. The first-order valence-electron chi connectivity index (χ1n) is 5.77. The molecule has 0 amide bonds. The van der Waals surface area contributed by atoms with Gasteiger partial charge in [0.1, 0.15) is 11.3 Å². The maximum Gasteiger partial charge on any atom is 0.341 e. The fourth-order valence-corrected chi connectivity index (χ4v) is 1.41. The second kappa shape index (κ2) is 6.74. The predicted octanol–water partition coefficient (Wildman–Crippen LogP) is 3.21. The first kappa shape index (κ1) is 13.3. The number of carbonyl (C=O) groups is 1. The van der Waals surface area contributed by atoms with Gasteiger partial charge in [0.15, 0.2) is 0 Å². The van der Waals surface area contributed by atoms with Gasteiger partial charge in [0, 0.05) is 0 Å². The number of carbonyl (C=O) groups excluding carboxylic acids is 1. The number of hydrogen-bond acceptors (Lipinski definition) is 3. The summed E-state index contributed by atoms with van der Waals surface area (Å²) >= 11 is 0. The van der Waals surface area contributed by atoms with Crippen molar-refractivity contribution in [3.63, 3.8) is 0 Å². The van der Waals surface area contributed by atoms with Crippen molar-refractivity contribution in [2.45, 2.75) is 26.7 Å². The van der Waals surface area contributed by atoms with Crippen LogP contribution >= 0.6 is 0 Å². The molecule has 0 aliphatic heterocycles. The van der Waals surface area contributed by atoms with Crippen LogP contribution in [0.3, 0.4) is 0 Å². The molecule has 0 saturated carbocycles. The number of esters is 1. The molecule has 1 N–H and O–H groups in total. The summed E-state index contributed by atoms with van der Waals surface area (Å²) in [5, 5.41) is 9.69. The smallest absolute Gasteiger partial charge is 0.341 e.